The molecule has 0 aliphatic carbocycles. The van der Waals surface area contributed by atoms with Gasteiger partial charge in [0, 0.05) is 18.1 Å². The van der Waals surface area contributed by atoms with Crippen LogP contribution in [0.25, 0.3) is 0 Å². The summed E-state index contributed by atoms with van der Waals surface area (Å²) in [6, 6.07) is -0.153. The lowest BCUT2D eigenvalue weighted by Gasteiger charge is -2.31. The maximum absolute atomic E-state index is 12.2. The summed E-state index contributed by atoms with van der Waals surface area (Å²) in [6.45, 7) is 6.24. The van der Waals surface area contributed by atoms with Crippen LogP contribution < -0.4 is 0 Å². The van der Waals surface area contributed by atoms with Crippen molar-refractivity contribution in [1.29, 1.82) is 0 Å². The number of carbonyl (C=O) groups excluding carboxylic acids is 2. The fourth-order valence-corrected chi connectivity index (χ4v) is 2.14. The third kappa shape index (κ3) is 6.14. The van der Waals surface area contributed by atoms with Crippen molar-refractivity contribution in [1.82, 2.24) is 4.90 Å². The monoisotopic (exact) mass is 291 g/mol. The van der Waals surface area contributed by atoms with E-state index in [2.05, 4.69) is 0 Å². The van der Waals surface area contributed by atoms with Gasteiger partial charge in [0.25, 0.3) is 0 Å². The molecule has 1 amide bonds. The zero-order chi connectivity index (χ0) is 14.5. The predicted molar refractivity (Wildman–Crippen MR) is 72.4 cm³/mol. The number of nitrogens with zero attached hydrogens (tertiary/aromatic N) is 1. The molecule has 0 aromatic carbocycles. The second-order valence-electron chi connectivity index (χ2n) is 5.73. The highest BCUT2D eigenvalue weighted by atomic mass is 35.5. The molecule has 1 unspecified atom stereocenters. The van der Waals surface area contributed by atoms with Crippen molar-refractivity contribution < 1.29 is 19.1 Å². The number of amides is 1. The molecule has 1 atom stereocenters. The Hall–Kier alpha value is -0.970. The summed E-state index contributed by atoms with van der Waals surface area (Å²) in [5.41, 5.74) is -1.37. The summed E-state index contributed by atoms with van der Waals surface area (Å²) in [7, 11) is 0. The van der Waals surface area contributed by atoms with E-state index >= 15 is 0 Å². The molecule has 1 heterocycles. The van der Waals surface area contributed by atoms with Crippen molar-refractivity contribution in [2.75, 3.05) is 13.2 Å². The quantitative estimate of drug-likeness (QED) is 0.730. The van der Waals surface area contributed by atoms with Crippen molar-refractivity contribution in [3.63, 3.8) is 0 Å². The number of hydrogen-bond acceptors (Lipinski definition) is 4. The summed E-state index contributed by atoms with van der Waals surface area (Å²) in [5, 5.41) is 0. The molecule has 1 fully saturated rings. The Morgan fingerprint density at radius 1 is 1.26 bits per heavy atom. The molecule has 1 aliphatic heterocycles. The van der Waals surface area contributed by atoms with Crippen LogP contribution in [0.2, 0.25) is 0 Å². The van der Waals surface area contributed by atoms with Gasteiger partial charge in [-0.1, -0.05) is 12.8 Å². The van der Waals surface area contributed by atoms with Gasteiger partial charge in [0.15, 0.2) is 0 Å². The molecule has 1 aliphatic rings. The van der Waals surface area contributed by atoms with E-state index < -0.39 is 11.0 Å². The number of carbonyl (C=O) groups is 2. The fourth-order valence-electron chi connectivity index (χ4n) is 2.07. The molecular formula is C13H22ClNO4. The Labute approximate surface area is 119 Å². The SMILES string of the molecule is CC(C)(C)OC(=O)N1CCCCCC1COC(=O)Cl. The Kier molecular flexibility index (Phi) is 5.91. The average molecular weight is 292 g/mol. The lowest BCUT2D eigenvalue weighted by Crippen LogP contribution is -2.45. The first-order valence-corrected chi connectivity index (χ1v) is 6.99. The molecule has 0 bridgehead atoms. The highest BCUT2D eigenvalue weighted by Gasteiger charge is 2.30. The van der Waals surface area contributed by atoms with Gasteiger partial charge in [-0.3, -0.25) is 0 Å². The molecule has 19 heavy (non-hydrogen) atoms. The zero-order valence-corrected chi connectivity index (χ0v) is 12.5. The Balaban J connectivity index is 2.67. The van der Waals surface area contributed by atoms with Crippen LogP contribution in [0.15, 0.2) is 0 Å². The first-order chi connectivity index (χ1) is 8.79. The molecule has 1 saturated heterocycles. The van der Waals surface area contributed by atoms with Crippen LogP contribution in [-0.2, 0) is 9.47 Å². The van der Waals surface area contributed by atoms with Gasteiger partial charge in [0.05, 0.1) is 6.04 Å². The van der Waals surface area contributed by atoms with Crippen LogP contribution in [0.5, 0.6) is 0 Å². The second kappa shape index (κ2) is 6.98. The van der Waals surface area contributed by atoms with Crippen LogP contribution in [0.3, 0.4) is 0 Å². The van der Waals surface area contributed by atoms with Gasteiger partial charge in [0.2, 0.25) is 0 Å². The van der Waals surface area contributed by atoms with Crippen molar-refractivity contribution >= 4 is 23.1 Å². The number of rotatable bonds is 2. The number of halogens is 1. The zero-order valence-electron chi connectivity index (χ0n) is 11.8. The van der Waals surface area contributed by atoms with E-state index in [9.17, 15) is 9.59 Å². The lowest BCUT2D eigenvalue weighted by atomic mass is 10.1. The predicted octanol–water partition coefficient (Wildman–Crippen LogP) is 3.54. The van der Waals surface area contributed by atoms with Gasteiger partial charge in [-0.25, -0.2) is 9.59 Å². The Bertz CT molecular complexity index is 327. The molecule has 0 saturated carbocycles. The van der Waals surface area contributed by atoms with Crippen molar-refractivity contribution in [3.05, 3.63) is 0 Å². The normalized spacial score (nSPS) is 20.6. The smallest absolute Gasteiger partial charge is 0.410 e. The third-order valence-corrected chi connectivity index (χ3v) is 3.00. The number of hydrogen-bond donors (Lipinski definition) is 0. The van der Waals surface area contributed by atoms with Crippen molar-refractivity contribution in [3.8, 4) is 0 Å². The minimum Gasteiger partial charge on any atom is -0.451 e. The molecular weight excluding hydrogens is 270 g/mol. The van der Waals surface area contributed by atoms with E-state index in [-0.39, 0.29) is 18.7 Å². The first-order valence-electron chi connectivity index (χ1n) is 6.61. The van der Waals surface area contributed by atoms with E-state index in [1.54, 1.807) is 4.90 Å². The van der Waals surface area contributed by atoms with E-state index in [0.717, 1.165) is 25.7 Å². The summed E-state index contributed by atoms with van der Waals surface area (Å²) in [6.07, 6.45) is 3.44. The first kappa shape index (κ1) is 16.1. The highest BCUT2D eigenvalue weighted by Crippen LogP contribution is 2.20. The average Bonchev–Trinajstić information content (AvgIpc) is 2.48. The van der Waals surface area contributed by atoms with Gasteiger partial charge in [-0.05, 0) is 33.6 Å². The summed E-state index contributed by atoms with van der Waals surface area (Å²) in [4.78, 5) is 24.5. The molecule has 0 aromatic heterocycles. The van der Waals surface area contributed by atoms with Gasteiger partial charge in [-0.2, -0.15) is 0 Å². The highest BCUT2D eigenvalue weighted by molar-refractivity contribution is 6.61. The fraction of sp³-hybridized carbons (Fsp3) is 0.846. The van der Waals surface area contributed by atoms with E-state index in [0.29, 0.717) is 6.54 Å². The molecule has 0 N–H and O–H groups in total. The number of likely N-dealkylation sites (tertiary alicyclic amines) is 1. The van der Waals surface area contributed by atoms with Gasteiger partial charge in [0.1, 0.15) is 12.2 Å². The maximum atomic E-state index is 12.2. The summed E-state index contributed by atoms with van der Waals surface area (Å²) in [5.74, 6) is 0. The number of ether oxygens (including phenoxy) is 2. The van der Waals surface area contributed by atoms with Crippen LogP contribution >= 0.6 is 11.6 Å². The van der Waals surface area contributed by atoms with Crippen molar-refractivity contribution in [2.45, 2.75) is 58.1 Å². The summed E-state index contributed by atoms with van der Waals surface area (Å²) < 4.78 is 10.2. The molecule has 6 heteroatoms. The molecule has 5 nitrogen and oxygen atoms in total. The van der Waals surface area contributed by atoms with E-state index in [1.165, 1.54) is 0 Å². The second-order valence-corrected chi connectivity index (χ2v) is 6.03. The van der Waals surface area contributed by atoms with Crippen molar-refractivity contribution in [2.24, 2.45) is 0 Å². The topological polar surface area (TPSA) is 55.8 Å². The van der Waals surface area contributed by atoms with Gasteiger partial charge >= 0.3 is 11.5 Å². The largest absolute Gasteiger partial charge is 0.451 e. The molecule has 0 radical (unpaired) electrons. The maximum Gasteiger partial charge on any atom is 0.410 e. The van der Waals surface area contributed by atoms with E-state index in [1.807, 2.05) is 20.8 Å². The van der Waals surface area contributed by atoms with E-state index in [4.69, 9.17) is 21.1 Å². The minimum atomic E-state index is -0.839. The molecule has 110 valence electrons. The van der Waals surface area contributed by atoms with Gasteiger partial charge < -0.3 is 14.4 Å². The Morgan fingerprint density at radius 3 is 2.53 bits per heavy atom. The molecule has 1 rings (SSSR count). The molecule has 0 spiro atoms. The van der Waals surface area contributed by atoms with Crippen LogP contribution in [0.1, 0.15) is 46.5 Å². The standard InChI is InChI=1S/C13H22ClNO4/c1-13(2,3)19-12(17)15-8-6-4-5-7-10(15)9-18-11(14)16/h10H,4-9H2,1-3H3. The van der Waals surface area contributed by atoms with Crippen LogP contribution in [0.4, 0.5) is 9.59 Å². The minimum absolute atomic E-state index is 0.127. The molecule has 0 aromatic rings. The summed E-state index contributed by atoms with van der Waals surface area (Å²) >= 11 is 5.18. The lowest BCUT2D eigenvalue weighted by molar-refractivity contribution is 0.00933. The Morgan fingerprint density at radius 2 is 1.95 bits per heavy atom. The van der Waals surface area contributed by atoms with Crippen LogP contribution in [-0.4, -0.2) is 41.2 Å². The van der Waals surface area contributed by atoms with Gasteiger partial charge in [-0.15, -0.1) is 0 Å². The van der Waals surface area contributed by atoms with Crippen LogP contribution in [0, 0.1) is 0 Å². The third-order valence-electron chi connectivity index (χ3n) is 2.89.